The predicted octanol–water partition coefficient (Wildman–Crippen LogP) is 2.52. The van der Waals surface area contributed by atoms with Gasteiger partial charge in [-0.25, -0.2) is 0 Å². The van der Waals surface area contributed by atoms with E-state index >= 15 is 0 Å². The van der Waals surface area contributed by atoms with Gasteiger partial charge in [0, 0.05) is 12.6 Å². The number of rotatable bonds is 4. The average molecular weight is 155 g/mol. The number of hydrogen-bond donors (Lipinski definition) is 0. The molecule has 66 valence electrons. The van der Waals surface area contributed by atoms with Gasteiger partial charge in [-0.1, -0.05) is 27.2 Å². The van der Waals surface area contributed by atoms with Crippen LogP contribution < -0.4 is 0 Å². The standard InChI is InChI=1S/C10H21N/c1-4-11(8-9(2)3)10-6-5-7-10/h9-10H,4-8H2,1-3H3. The van der Waals surface area contributed by atoms with Crippen LogP contribution in [0.1, 0.15) is 40.0 Å². The van der Waals surface area contributed by atoms with Gasteiger partial charge in [0.25, 0.3) is 0 Å². The highest BCUT2D eigenvalue weighted by atomic mass is 15.2. The molecule has 1 saturated carbocycles. The van der Waals surface area contributed by atoms with E-state index in [1.165, 1.54) is 32.4 Å². The first-order valence-corrected chi connectivity index (χ1v) is 4.98. The van der Waals surface area contributed by atoms with Crippen LogP contribution in [-0.2, 0) is 0 Å². The van der Waals surface area contributed by atoms with Gasteiger partial charge < -0.3 is 4.90 Å². The summed E-state index contributed by atoms with van der Waals surface area (Å²) in [6.45, 7) is 9.42. The molecule has 1 heteroatoms. The minimum atomic E-state index is 0.829. The van der Waals surface area contributed by atoms with Crippen molar-refractivity contribution in [3.05, 3.63) is 0 Å². The second-order valence-corrected chi connectivity index (χ2v) is 4.07. The topological polar surface area (TPSA) is 3.24 Å². The van der Waals surface area contributed by atoms with Crippen LogP contribution in [0, 0.1) is 5.92 Å². The molecular weight excluding hydrogens is 134 g/mol. The maximum atomic E-state index is 2.63. The molecule has 1 fully saturated rings. The smallest absolute Gasteiger partial charge is 0.00952 e. The molecule has 0 bridgehead atoms. The van der Waals surface area contributed by atoms with E-state index in [-0.39, 0.29) is 0 Å². The van der Waals surface area contributed by atoms with E-state index in [2.05, 4.69) is 25.7 Å². The Kier molecular flexibility index (Phi) is 3.38. The molecule has 11 heavy (non-hydrogen) atoms. The van der Waals surface area contributed by atoms with E-state index < -0.39 is 0 Å². The molecule has 0 aromatic heterocycles. The van der Waals surface area contributed by atoms with E-state index in [9.17, 15) is 0 Å². The molecule has 1 nitrogen and oxygen atoms in total. The molecule has 0 atom stereocenters. The van der Waals surface area contributed by atoms with Gasteiger partial charge in [-0.3, -0.25) is 0 Å². The summed E-state index contributed by atoms with van der Waals surface area (Å²) >= 11 is 0. The molecule has 0 aliphatic heterocycles. The van der Waals surface area contributed by atoms with Crippen molar-refractivity contribution in [2.75, 3.05) is 13.1 Å². The minimum absolute atomic E-state index is 0.829. The highest BCUT2D eigenvalue weighted by Crippen LogP contribution is 2.24. The fourth-order valence-electron chi connectivity index (χ4n) is 1.76. The summed E-state index contributed by atoms with van der Waals surface area (Å²) in [4.78, 5) is 2.63. The zero-order valence-corrected chi connectivity index (χ0v) is 8.14. The molecule has 0 aromatic carbocycles. The zero-order valence-electron chi connectivity index (χ0n) is 8.14. The second-order valence-electron chi connectivity index (χ2n) is 4.07. The van der Waals surface area contributed by atoms with Crippen LogP contribution >= 0.6 is 0 Å². The lowest BCUT2D eigenvalue weighted by Gasteiger charge is -2.37. The van der Waals surface area contributed by atoms with Crippen molar-refractivity contribution in [2.45, 2.75) is 46.1 Å². The van der Waals surface area contributed by atoms with Crippen molar-refractivity contribution in [1.82, 2.24) is 4.90 Å². The third-order valence-electron chi connectivity index (χ3n) is 2.60. The van der Waals surface area contributed by atoms with E-state index in [1.807, 2.05) is 0 Å². The van der Waals surface area contributed by atoms with Crippen LogP contribution in [0.3, 0.4) is 0 Å². The Morgan fingerprint density at radius 2 is 2.00 bits per heavy atom. The zero-order chi connectivity index (χ0) is 8.27. The SMILES string of the molecule is CCN(CC(C)C)C1CCC1. The molecule has 1 aliphatic rings. The fraction of sp³-hybridized carbons (Fsp3) is 1.00. The molecule has 0 spiro atoms. The Balaban J connectivity index is 2.23. The predicted molar refractivity (Wildman–Crippen MR) is 49.7 cm³/mol. The lowest BCUT2D eigenvalue weighted by atomic mass is 9.91. The normalized spacial score (nSPS) is 19.4. The van der Waals surface area contributed by atoms with Crippen LogP contribution in [0.5, 0.6) is 0 Å². The maximum absolute atomic E-state index is 2.63. The van der Waals surface area contributed by atoms with Gasteiger partial charge in [0.1, 0.15) is 0 Å². The molecule has 1 aliphatic carbocycles. The first-order chi connectivity index (χ1) is 5.24. The van der Waals surface area contributed by atoms with Gasteiger partial charge in [-0.15, -0.1) is 0 Å². The third-order valence-corrected chi connectivity index (χ3v) is 2.60. The Hall–Kier alpha value is -0.0400. The van der Waals surface area contributed by atoms with Crippen LogP contribution in [0.4, 0.5) is 0 Å². The van der Waals surface area contributed by atoms with Gasteiger partial charge in [-0.2, -0.15) is 0 Å². The molecule has 0 aromatic rings. The van der Waals surface area contributed by atoms with Crippen molar-refractivity contribution in [3.63, 3.8) is 0 Å². The Labute approximate surface area is 70.8 Å². The highest BCUT2D eigenvalue weighted by Gasteiger charge is 2.23. The van der Waals surface area contributed by atoms with Gasteiger partial charge in [-0.05, 0) is 25.3 Å². The molecule has 0 amide bonds. The summed E-state index contributed by atoms with van der Waals surface area (Å²) in [6, 6.07) is 0.933. The molecule has 0 saturated heterocycles. The van der Waals surface area contributed by atoms with Gasteiger partial charge >= 0.3 is 0 Å². The third kappa shape index (κ3) is 2.48. The summed E-state index contributed by atoms with van der Waals surface area (Å²) in [5.74, 6) is 0.829. The van der Waals surface area contributed by atoms with Crippen molar-refractivity contribution < 1.29 is 0 Å². The Morgan fingerprint density at radius 3 is 2.27 bits per heavy atom. The first-order valence-electron chi connectivity index (χ1n) is 4.98. The Bertz CT molecular complexity index is 105. The molecular formula is C10H21N. The van der Waals surface area contributed by atoms with E-state index in [1.54, 1.807) is 0 Å². The van der Waals surface area contributed by atoms with Gasteiger partial charge in [0.05, 0.1) is 0 Å². The second kappa shape index (κ2) is 4.10. The van der Waals surface area contributed by atoms with E-state index in [0.29, 0.717) is 0 Å². The highest BCUT2D eigenvalue weighted by molar-refractivity contribution is 4.79. The van der Waals surface area contributed by atoms with Crippen molar-refractivity contribution in [2.24, 2.45) is 5.92 Å². The molecule has 0 radical (unpaired) electrons. The molecule has 0 N–H and O–H groups in total. The summed E-state index contributed by atoms with van der Waals surface area (Å²) in [6.07, 6.45) is 4.35. The van der Waals surface area contributed by atoms with Crippen LogP contribution in [-0.4, -0.2) is 24.0 Å². The maximum Gasteiger partial charge on any atom is 0.00952 e. The van der Waals surface area contributed by atoms with E-state index in [4.69, 9.17) is 0 Å². The number of hydrogen-bond acceptors (Lipinski definition) is 1. The lowest BCUT2D eigenvalue weighted by molar-refractivity contribution is 0.120. The summed E-state index contributed by atoms with van der Waals surface area (Å²) < 4.78 is 0. The van der Waals surface area contributed by atoms with E-state index in [0.717, 1.165) is 12.0 Å². The minimum Gasteiger partial charge on any atom is -0.300 e. The Morgan fingerprint density at radius 1 is 1.36 bits per heavy atom. The van der Waals surface area contributed by atoms with Crippen LogP contribution in [0.2, 0.25) is 0 Å². The molecule has 1 rings (SSSR count). The van der Waals surface area contributed by atoms with Gasteiger partial charge in [0.2, 0.25) is 0 Å². The monoisotopic (exact) mass is 155 g/mol. The first kappa shape index (κ1) is 9.05. The van der Waals surface area contributed by atoms with Gasteiger partial charge in [0.15, 0.2) is 0 Å². The van der Waals surface area contributed by atoms with Crippen molar-refractivity contribution in [3.8, 4) is 0 Å². The molecule has 0 heterocycles. The lowest BCUT2D eigenvalue weighted by Crippen LogP contribution is -2.41. The van der Waals surface area contributed by atoms with Crippen molar-refractivity contribution >= 4 is 0 Å². The van der Waals surface area contributed by atoms with Crippen LogP contribution in [0.15, 0.2) is 0 Å². The summed E-state index contributed by atoms with van der Waals surface area (Å²) in [7, 11) is 0. The quantitative estimate of drug-likeness (QED) is 0.603. The fourth-order valence-corrected chi connectivity index (χ4v) is 1.76. The largest absolute Gasteiger partial charge is 0.300 e. The van der Waals surface area contributed by atoms with Crippen LogP contribution in [0.25, 0.3) is 0 Å². The van der Waals surface area contributed by atoms with Crippen molar-refractivity contribution in [1.29, 1.82) is 0 Å². The summed E-state index contributed by atoms with van der Waals surface area (Å²) in [5, 5.41) is 0. The summed E-state index contributed by atoms with van der Waals surface area (Å²) in [5.41, 5.74) is 0. The number of nitrogens with zero attached hydrogens (tertiary/aromatic N) is 1. The average Bonchev–Trinajstić information content (AvgIpc) is 1.81. The molecule has 0 unspecified atom stereocenters.